The van der Waals surface area contributed by atoms with Crippen molar-refractivity contribution >= 4 is 91.6 Å². The SMILES string of the molecule is Cn1cnc(CCNc2nc(NC3CCC(Nc4nc(NCCc5cn(C)cn5)nc5c4ncn5I)CC3)c3ncn(I)c3n2)c1. The fourth-order valence-corrected chi connectivity index (χ4v) is 6.59. The van der Waals surface area contributed by atoms with E-state index in [9.17, 15) is 0 Å². The van der Waals surface area contributed by atoms with Crippen LogP contribution in [-0.4, -0.2) is 79.7 Å². The smallest absolute Gasteiger partial charge is 0.226 e. The van der Waals surface area contributed by atoms with Crippen molar-refractivity contribution in [3.8, 4) is 0 Å². The number of nitrogens with zero attached hydrogens (tertiary/aromatic N) is 12. The molecule has 16 nitrogen and oxygen atoms in total. The molecule has 6 aromatic rings. The molecule has 6 heterocycles. The van der Waals surface area contributed by atoms with Gasteiger partial charge in [0.1, 0.15) is 12.7 Å². The van der Waals surface area contributed by atoms with Crippen LogP contribution in [0.1, 0.15) is 37.1 Å². The highest BCUT2D eigenvalue weighted by Gasteiger charge is 2.25. The minimum Gasteiger partial charge on any atom is -0.365 e. The summed E-state index contributed by atoms with van der Waals surface area (Å²) in [6, 6.07) is 0.527. The lowest BCUT2D eigenvalue weighted by atomic mass is 9.91. The largest absolute Gasteiger partial charge is 0.365 e. The highest BCUT2D eigenvalue weighted by molar-refractivity contribution is 14.1. The lowest BCUT2D eigenvalue weighted by Gasteiger charge is -2.30. The van der Waals surface area contributed by atoms with E-state index in [-0.39, 0.29) is 12.1 Å². The molecule has 46 heavy (non-hydrogen) atoms. The molecule has 0 aliphatic heterocycles. The molecule has 4 N–H and O–H groups in total. The molecule has 6 aromatic heterocycles. The zero-order valence-electron chi connectivity index (χ0n) is 25.4. The van der Waals surface area contributed by atoms with E-state index in [1.165, 1.54) is 0 Å². The predicted molar refractivity (Wildman–Crippen MR) is 194 cm³/mol. The fourth-order valence-electron chi connectivity index (χ4n) is 5.67. The van der Waals surface area contributed by atoms with Gasteiger partial charge in [-0.3, -0.25) is 5.56 Å². The summed E-state index contributed by atoms with van der Waals surface area (Å²) in [5, 5.41) is 14.1. The Hall–Kier alpha value is -3.82. The van der Waals surface area contributed by atoms with Gasteiger partial charge in [0.2, 0.25) is 11.9 Å². The molecular formula is C28H34I2N16. The first kappa shape index (κ1) is 30.8. The van der Waals surface area contributed by atoms with Gasteiger partial charge < -0.3 is 30.4 Å². The summed E-state index contributed by atoms with van der Waals surface area (Å²) in [5.41, 5.74) is 5.15. The van der Waals surface area contributed by atoms with E-state index in [2.05, 4.69) is 86.9 Å². The molecule has 0 bridgehead atoms. The van der Waals surface area contributed by atoms with Crippen LogP contribution < -0.4 is 21.3 Å². The molecule has 240 valence electrons. The molecular weight excluding hydrogens is 814 g/mol. The summed E-state index contributed by atoms with van der Waals surface area (Å²) in [7, 11) is 3.94. The Bertz CT molecular complexity index is 1810. The highest BCUT2D eigenvalue weighted by Crippen LogP contribution is 2.30. The molecule has 0 radical (unpaired) electrons. The van der Waals surface area contributed by atoms with Gasteiger partial charge in [-0.05, 0) is 25.7 Å². The zero-order valence-corrected chi connectivity index (χ0v) is 29.7. The van der Waals surface area contributed by atoms with Crippen LogP contribution in [0.25, 0.3) is 22.3 Å². The van der Waals surface area contributed by atoms with Crippen LogP contribution in [0, 0.1) is 0 Å². The molecule has 0 spiro atoms. The van der Waals surface area contributed by atoms with Crippen molar-refractivity contribution in [3.05, 3.63) is 49.1 Å². The van der Waals surface area contributed by atoms with Crippen molar-refractivity contribution in [2.75, 3.05) is 34.4 Å². The van der Waals surface area contributed by atoms with Gasteiger partial charge in [0, 0.05) is 64.5 Å². The average molecular weight is 848 g/mol. The van der Waals surface area contributed by atoms with Crippen molar-refractivity contribution in [3.63, 3.8) is 0 Å². The number of hydrogen-bond acceptors (Lipinski definition) is 12. The van der Waals surface area contributed by atoms with Gasteiger partial charge in [-0.1, -0.05) is 0 Å². The summed E-state index contributed by atoms with van der Waals surface area (Å²) in [6.45, 7) is 1.36. The number of nitrogens with one attached hydrogen (secondary N) is 4. The van der Waals surface area contributed by atoms with Crippen LogP contribution >= 0.6 is 45.7 Å². The Morgan fingerprint density at radius 2 is 1.07 bits per heavy atom. The van der Waals surface area contributed by atoms with Crippen molar-refractivity contribution < 1.29 is 0 Å². The lowest BCUT2D eigenvalue weighted by molar-refractivity contribution is 0.428. The van der Waals surface area contributed by atoms with Crippen LogP contribution in [0.4, 0.5) is 23.5 Å². The van der Waals surface area contributed by atoms with E-state index >= 15 is 0 Å². The van der Waals surface area contributed by atoms with Crippen LogP contribution in [-0.2, 0) is 26.9 Å². The Kier molecular flexibility index (Phi) is 9.04. The molecule has 18 heteroatoms. The first-order valence-corrected chi connectivity index (χ1v) is 17.1. The Labute approximate surface area is 292 Å². The van der Waals surface area contributed by atoms with E-state index in [1.807, 2.05) is 53.8 Å². The number of hydrogen-bond donors (Lipinski definition) is 4. The van der Waals surface area contributed by atoms with Crippen molar-refractivity contribution in [2.45, 2.75) is 50.6 Å². The normalized spacial score (nSPS) is 16.7. The molecule has 1 saturated carbocycles. The average Bonchev–Trinajstić information content (AvgIpc) is 3.83. The van der Waals surface area contributed by atoms with E-state index in [1.54, 1.807) is 12.7 Å². The monoisotopic (exact) mass is 848 g/mol. The maximum Gasteiger partial charge on any atom is 0.226 e. The number of anilines is 4. The maximum absolute atomic E-state index is 4.83. The van der Waals surface area contributed by atoms with Gasteiger partial charge in [0.25, 0.3) is 0 Å². The van der Waals surface area contributed by atoms with E-state index in [4.69, 9.17) is 19.9 Å². The van der Waals surface area contributed by atoms with Gasteiger partial charge in [-0.2, -0.15) is 19.9 Å². The third-order valence-electron chi connectivity index (χ3n) is 7.97. The van der Waals surface area contributed by atoms with Gasteiger partial charge in [0.15, 0.2) is 34.0 Å². The number of halogens is 2. The quantitative estimate of drug-likeness (QED) is 0.131. The molecule has 0 saturated heterocycles. The van der Waals surface area contributed by atoms with E-state index in [0.29, 0.717) is 25.0 Å². The minimum absolute atomic E-state index is 0.264. The molecule has 0 unspecified atom stereocenters. The van der Waals surface area contributed by atoms with Crippen LogP contribution in [0.2, 0.25) is 0 Å². The van der Waals surface area contributed by atoms with Gasteiger partial charge in [-0.15, -0.1) is 0 Å². The Morgan fingerprint density at radius 3 is 1.46 bits per heavy atom. The summed E-state index contributed by atoms with van der Waals surface area (Å²) in [4.78, 5) is 37.1. The van der Waals surface area contributed by atoms with E-state index in [0.717, 1.165) is 83.9 Å². The minimum atomic E-state index is 0.264. The van der Waals surface area contributed by atoms with Gasteiger partial charge >= 0.3 is 0 Å². The standard InChI is InChI=1S/C28H34I2N16/c1-43-11-19(33-13-43)7-9-31-27-39-23(21-25(41-27)45(29)15-35-21)37-17-3-5-18(6-4-17)38-24-22-26(46(30)16-36-22)42-28(40-24)32-10-8-20-12-44(2)14-34-20/h11-18H,3-10H2,1-2H3,(H2,31,37,39,41)(H2,32,38,40,42). The zero-order chi connectivity index (χ0) is 31.6. The molecule has 7 rings (SSSR count). The second kappa shape index (κ2) is 13.5. The fraction of sp³-hybridized carbons (Fsp3) is 0.429. The number of aromatic nitrogens is 12. The summed E-state index contributed by atoms with van der Waals surface area (Å²) in [5.74, 6) is 2.66. The first-order chi connectivity index (χ1) is 22.4. The second-order valence-corrected chi connectivity index (χ2v) is 13.6. The topological polar surface area (TPSA) is 171 Å². The Morgan fingerprint density at radius 1 is 0.630 bits per heavy atom. The van der Waals surface area contributed by atoms with Gasteiger partial charge in [0.05, 0.1) is 69.8 Å². The van der Waals surface area contributed by atoms with Crippen LogP contribution in [0.15, 0.2) is 37.7 Å². The molecule has 1 aliphatic rings. The molecule has 0 aromatic carbocycles. The maximum atomic E-state index is 4.83. The molecule has 0 atom stereocenters. The van der Waals surface area contributed by atoms with Crippen LogP contribution in [0.5, 0.6) is 0 Å². The Balaban J connectivity index is 0.985. The number of fused-ring (bicyclic) bond motifs is 2. The van der Waals surface area contributed by atoms with Crippen molar-refractivity contribution in [2.24, 2.45) is 14.1 Å². The van der Waals surface area contributed by atoms with E-state index < -0.39 is 0 Å². The highest BCUT2D eigenvalue weighted by atomic mass is 127. The van der Waals surface area contributed by atoms with Crippen molar-refractivity contribution in [1.82, 2.24) is 54.6 Å². The van der Waals surface area contributed by atoms with Gasteiger partial charge in [-0.25, -0.2) is 19.9 Å². The third-order valence-corrected chi connectivity index (χ3v) is 9.38. The number of aryl methyl sites for hydroxylation is 2. The summed E-state index contributed by atoms with van der Waals surface area (Å²) >= 11 is 4.40. The summed E-state index contributed by atoms with van der Waals surface area (Å²) < 4.78 is 7.69. The lowest BCUT2D eigenvalue weighted by Crippen LogP contribution is -2.33. The second-order valence-electron chi connectivity index (χ2n) is 11.5. The third kappa shape index (κ3) is 6.95. The van der Waals surface area contributed by atoms with Crippen LogP contribution in [0.3, 0.4) is 0 Å². The molecule has 1 fully saturated rings. The molecule has 1 aliphatic carbocycles. The number of imidazole rings is 4. The molecule has 0 amide bonds. The number of rotatable bonds is 12. The first-order valence-electron chi connectivity index (χ1n) is 15.1. The summed E-state index contributed by atoms with van der Waals surface area (Å²) in [6.07, 6.45) is 16.7. The predicted octanol–water partition coefficient (Wildman–Crippen LogP) is 3.97. The van der Waals surface area contributed by atoms with Crippen molar-refractivity contribution in [1.29, 1.82) is 0 Å².